The van der Waals surface area contributed by atoms with Gasteiger partial charge in [-0.2, -0.15) is 14.5 Å². The second-order valence-electron chi connectivity index (χ2n) is 3.85. The van der Waals surface area contributed by atoms with Crippen LogP contribution in [0.1, 0.15) is 6.92 Å². The van der Waals surface area contributed by atoms with Gasteiger partial charge in [0.2, 0.25) is 10.6 Å². The predicted octanol–water partition coefficient (Wildman–Crippen LogP) is 2.94. The largest absolute Gasteiger partial charge is 0.274 e. The Morgan fingerprint density at radius 3 is 2.90 bits per heavy atom. The minimum atomic E-state index is -0.177. The molecule has 1 aromatic carbocycles. The van der Waals surface area contributed by atoms with Crippen LogP contribution in [-0.2, 0) is 0 Å². The van der Waals surface area contributed by atoms with Gasteiger partial charge in [0.15, 0.2) is 5.82 Å². The summed E-state index contributed by atoms with van der Waals surface area (Å²) in [4.78, 5) is 4.35. The van der Waals surface area contributed by atoms with E-state index >= 15 is 0 Å². The second kappa shape index (κ2) is 5.97. The van der Waals surface area contributed by atoms with E-state index < -0.39 is 0 Å². The van der Waals surface area contributed by atoms with Crippen molar-refractivity contribution in [2.24, 2.45) is 15.4 Å². The van der Waals surface area contributed by atoms with Gasteiger partial charge in [0, 0.05) is 17.1 Å². The van der Waals surface area contributed by atoms with E-state index in [1.165, 1.54) is 23.3 Å². The van der Waals surface area contributed by atoms with Gasteiger partial charge in [0.1, 0.15) is 0 Å². The third kappa shape index (κ3) is 3.11. The molecule has 7 nitrogen and oxygen atoms in total. The molecule has 0 amide bonds. The normalized spacial score (nSPS) is 18.1. The van der Waals surface area contributed by atoms with Crippen LogP contribution >= 0.6 is 23.3 Å². The minimum absolute atomic E-state index is 0.177. The van der Waals surface area contributed by atoms with Crippen LogP contribution in [-0.4, -0.2) is 19.9 Å². The third-order valence-electron chi connectivity index (χ3n) is 2.38. The maximum absolute atomic E-state index is 4.35. The fourth-order valence-electron chi connectivity index (χ4n) is 1.51. The van der Waals surface area contributed by atoms with E-state index in [4.69, 9.17) is 0 Å². The van der Waals surface area contributed by atoms with Crippen LogP contribution in [0.25, 0.3) is 11.4 Å². The first-order valence-corrected chi connectivity index (χ1v) is 7.48. The van der Waals surface area contributed by atoms with Gasteiger partial charge in [-0.3, -0.25) is 5.43 Å². The van der Waals surface area contributed by atoms with Crippen molar-refractivity contribution in [1.29, 1.82) is 0 Å². The number of hydrazone groups is 1. The van der Waals surface area contributed by atoms with Crippen LogP contribution in [0.4, 0.5) is 5.13 Å². The number of hydrogen-bond donors (Lipinski definition) is 2. The van der Waals surface area contributed by atoms with E-state index in [9.17, 15) is 0 Å². The van der Waals surface area contributed by atoms with Crippen molar-refractivity contribution in [3.63, 3.8) is 0 Å². The van der Waals surface area contributed by atoms with Crippen LogP contribution in [0.3, 0.4) is 0 Å². The zero-order valence-corrected chi connectivity index (χ0v) is 12.1. The number of anilines is 1. The Bertz CT molecular complexity index is 637. The smallest absolute Gasteiger partial charge is 0.224 e. The SMILES string of the molecule is CC1=NNC(N=NNc2nc(-c3ccccc3)ns2)S1. The van der Waals surface area contributed by atoms with Crippen molar-refractivity contribution in [3.8, 4) is 11.4 Å². The molecule has 102 valence electrons. The number of benzene rings is 1. The van der Waals surface area contributed by atoms with Gasteiger partial charge in [-0.05, 0) is 6.92 Å². The molecule has 2 N–H and O–H groups in total. The van der Waals surface area contributed by atoms with E-state index in [1.807, 2.05) is 37.3 Å². The molecular weight excluding hydrogens is 294 g/mol. The van der Waals surface area contributed by atoms with Crippen LogP contribution in [0.5, 0.6) is 0 Å². The molecule has 1 aliphatic rings. The van der Waals surface area contributed by atoms with Crippen molar-refractivity contribution in [3.05, 3.63) is 30.3 Å². The van der Waals surface area contributed by atoms with Gasteiger partial charge in [-0.15, -0.1) is 5.11 Å². The predicted molar refractivity (Wildman–Crippen MR) is 81.4 cm³/mol. The summed E-state index contributed by atoms with van der Waals surface area (Å²) < 4.78 is 4.27. The van der Waals surface area contributed by atoms with Gasteiger partial charge < -0.3 is 0 Å². The summed E-state index contributed by atoms with van der Waals surface area (Å²) in [5.41, 5.74) is 6.42. The van der Waals surface area contributed by atoms with Crippen molar-refractivity contribution >= 4 is 33.5 Å². The monoisotopic (exact) mass is 305 g/mol. The molecular formula is C11H11N7S2. The Morgan fingerprint density at radius 1 is 1.30 bits per heavy atom. The van der Waals surface area contributed by atoms with Crippen molar-refractivity contribution in [2.75, 3.05) is 5.43 Å². The maximum Gasteiger partial charge on any atom is 0.224 e. The summed E-state index contributed by atoms with van der Waals surface area (Å²) in [5.74, 6) is 0.681. The molecule has 0 spiro atoms. The van der Waals surface area contributed by atoms with Crippen molar-refractivity contribution < 1.29 is 0 Å². The first-order valence-electron chi connectivity index (χ1n) is 5.83. The highest BCUT2D eigenvalue weighted by Gasteiger charge is 2.14. The molecule has 1 atom stereocenters. The summed E-state index contributed by atoms with van der Waals surface area (Å²) >= 11 is 2.75. The molecule has 0 radical (unpaired) electrons. The lowest BCUT2D eigenvalue weighted by Gasteiger charge is -1.98. The molecule has 0 saturated carbocycles. The number of rotatable bonds is 4. The Hall–Kier alpha value is -2.00. The highest BCUT2D eigenvalue weighted by Crippen LogP contribution is 2.21. The Balaban J connectivity index is 1.59. The van der Waals surface area contributed by atoms with Crippen LogP contribution in [0.2, 0.25) is 0 Å². The molecule has 2 aromatic rings. The number of nitrogens with zero attached hydrogens (tertiary/aromatic N) is 5. The number of hydrogen-bond acceptors (Lipinski definition) is 8. The van der Waals surface area contributed by atoms with E-state index in [2.05, 4.69) is 35.6 Å². The fraction of sp³-hybridized carbons (Fsp3) is 0.182. The fourth-order valence-corrected chi connectivity index (χ4v) is 2.66. The molecule has 20 heavy (non-hydrogen) atoms. The van der Waals surface area contributed by atoms with Gasteiger partial charge >= 0.3 is 0 Å². The second-order valence-corrected chi connectivity index (χ2v) is 5.87. The average Bonchev–Trinajstić information content (AvgIpc) is 3.09. The van der Waals surface area contributed by atoms with E-state index in [0.29, 0.717) is 11.0 Å². The average molecular weight is 305 g/mol. The first-order chi connectivity index (χ1) is 9.81. The topological polar surface area (TPSA) is 86.9 Å². The number of aromatic nitrogens is 2. The molecule has 1 aliphatic heterocycles. The van der Waals surface area contributed by atoms with Crippen LogP contribution in [0.15, 0.2) is 45.8 Å². The summed E-state index contributed by atoms with van der Waals surface area (Å²) in [7, 11) is 0. The van der Waals surface area contributed by atoms with E-state index in [1.54, 1.807) is 0 Å². The maximum atomic E-state index is 4.35. The molecule has 3 rings (SSSR count). The summed E-state index contributed by atoms with van der Waals surface area (Å²) in [5, 5.41) is 13.5. The molecule has 1 aromatic heterocycles. The van der Waals surface area contributed by atoms with Crippen molar-refractivity contribution in [1.82, 2.24) is 14.8 Å². The molecule has 9 heteroatoms. The standard InChI is InChI=1S/C11H11N7S2/c1-7-13-14-11(19-7)16-18-15-10-12-9(17-20-10)8-5-3-2-4-6-8/h2-6,11,14H,1H3,(H,12,15,16,17). The Labute approximate surface area is 123 Å². The lowest BCUT2D eigenvalue weighted by molar-refractivity contribution is 0.694. The Morgan fingerprint density at radius 2 is 2.15 bits per heavy atom. The van der Waals surface area contributed by atoms with Gasteiger partial charge in [0.05, 0.1) is 5.04 Å². The van der Waals surface area contributed by atoms with Crippen LogP contribution < -0.4 is 10.9 Å². The lowest BCUT2D eigenvalue weighted by Crippen LogP contribution is -2.12. The number of thioether (sulfide) groups is 1. The summed E-state index contributed by atoms with van der Waals surface area (Å²) in [6.07, 6.45) is 0. The molecule has 0 aliphatic carbocycles. The van der Waals surface area contributed by atoms with Gasteiger partial charge in [0.25, 0.3) is 0 Å². The minimum Gasteiger partial charge on any atom is -0.274 e. The molecule has 1 unspecified atom stereocenters. The highest BCUT2D eigenvalue weighted by atomic mass is 32.2. The van der Waals surface area contributed by atoms with E-state index in [0.717, 1.165) is 10.6 Å². The summed E-state index contributed by atoms with van der Waals surface area (Å²) in [6.45, 7) is 1.91. The quantitative estimate of drug-likeness (QED) is 0.670. The molecule has 0 saturated heterocycles. The van der Waals surface area contributed by atoms with Gasteiger partial charge in [-0.1, -0.05) is 47.3 Å². The molecule has 0 bridgehead atoms. The van der Waals surface area contributed by atoms with Crippen molar-refractivity contribution in [2.45, 2.75) is 12.4 Å². The highest BCUT2D eigenvalue weighted by molar-refractivity contribution is 8.14. The first kappa shape index (κ1) is 13.0. The van der Waals surface area contributed by atoms with Crippen LogP contribution in [0, 0.1) is 0 Å². The lowest BCUT2D eigenvalue weighted by atomic mass is 10.2. The zero-order valence-electron chi connectivity index (χ0n) is 10.5. The van der Waals surface area contributed by atoms with E-state index in [-0.39, 0.29) is 5.50 Å². The molecule has 2 heterocycles. The zero-order chi connectivity index (χ0) is 13.8. The molecule has 0 fully saturated rings. The summed E-state index contributed by atoms with van der Waals surface area (Å²) in [6, 6.07) is 9.79. The number of nitrogens with one attached hydrogen (secondary N) is 2. The Kier molecular flexibility index (Phi) is 3.88. The third-order valence-corrected chi connectivity index (χ3v) is 3.86. The van der Waals surface area contributed by atoms with Gasteiger partial charge in [-0.25, -0.2) is 5.43 Å².